The molecule has 0 saturated carbocycles. The summed E-state index contributed by atoms with van der Waals surface area (Å²) in [7, 11) is 1.31. The second-order valence-electron chi connectivity index (χ2n) is 4.15. The number of anilines is 1. The number of rotatable bonds is 3. The summed E-state index contributed by atoms with van der Waals surface area (Å²) in [4.78, 5) is 23.5. The summed E-state index contributed by atoms with van der Waals surface area (Å²) in [6, 6.07) is 11.4. The Morgan fingerprint density at radius 3 is 2.43 bits per heavy atom. The Morgan fingerprint density at radius 1 is 1.14 bits per heavy atom. The van der Waals surface area contributed by atoms with E-state index in [4.69, 9.17) is 11.6 Å². The Kier molecular flexibility index (Phi) is 4.98. The molecule has 2 rings (SSSR count). The van der Waals surface area contributed by atoms with Crippen LogP contribution in [0.3, 0.4) is 0 Å². The Hall–Kier alpha value is -1.85. The van der Waals surface area contributed by atoms with Crippen molar-refractivity contribution in [1.82, 2.24) is 0 Å². The van der Waals surface area contributed by atoms with Crippen LogP contribution >= 0.6 is 27.5 Å². The maximum Gasteiger partial charge on any atom is 0.337 e. The largest absolute Gasteiger partial charge is 0.465 e. The predicted molar refractivity (Wildman–Crippen MR) is 84.9 cm³/mol. The van der Waals surface area contributed by atoms with Gasteiger partial charge in [-0.1, -0.05) is 27.5 Å². The number of methoxy groups -OCH3 is 1. The van der Waals surface area contributed by atoms with Gasteiger partial charge < -0.3 is 10.1 Å². The number of carbonyl (C=O) groups excluding carboxylic acids is 2. The third-order valence-electron chi connectivity index (χ3n) is 2.74. The molecule has 21 heavy (non-hydrogen) atoms. The molecule has 0 fully saturated rings. The average Bonchev–Trinajstić information content (AvgIpc) is 2.49. The smallest absolute Gasteiger partial charge is 0.337 e. The van der Waals surface area contributed by atoms with E-state index in [1.54, 1.807) is 42.5 Å². The first-order valence-corrected chi connectivity index (χ1v) is 7.13. The third-order valence-corrected chi connectivity index (χ3v) is 3.56. The molecule has 0 heterocycles. The van der Waals surface area contributed by atoms with Gasteiger partial charge in [-0.2, -0.15) is 0 Å². The molecule has 0 spiro atoms. The molecule has 0 aliphatic heterocycles. The number of carbonyl (C=O) groups is 2. The van der Waals surface area contributed by atoms with Crippen LogP contribution < -0.4 is 5.32 Å². The van der Waals surface area contributed by atoms with Gasteiger partial charge in [0.1, 0.15) is 0 Å². The van der Waals surface area contributed by atoms with Crippen molar-refractivity contribution in [1.29, 1.82) is 0 Å². The number of halogens is 2. The Labute approximate surface area is 135 Å². The molecule has 1 N–H and O–H groups in total. The summed E-state index contributed by atoms with van der Waals surface area (Å²) < 4.78 is 5.37. The maximum absolute atomic E-state index is 12.2. The lowest BCUT2D eigenvalue weighted by molar-refractivity contribution is 0.0600. The van der Waals surface area contributed by atoms with Crippen molar-refractivity contribution in [2.45, 2.75) is 0 Å². The molecule has 0 bridgehead atoms. The number of ether oxygens (including phenoxy) is 1. The molecule has 2 aromatic carbocycles. The van der Waals surface area contributed by atoms with Crippen LogP contribution in [0, 0.1) is 0 Å². The maximum atomic E-state index is 12.2. The molecular formula is C15H11BrClNO3. The van der Waals surface area contributed by atoms with Gasteiger partial charge in [0.25, 0.3) is 5.91 Å². The van der Waals surface area contributed by atoms with Gasteiger partial charge in [-0.25, -0.2) is 4.79 Å². The molecule has 0 radical (unpaired) electrons. The van der Waals surface area contributed by atoms with Gasteiger partial charge in [0, 0.05) is 10.2 Å². The minimum absolute atomic E-state index is 0.327. The van der Waals surface area contributed by atoms with Gasteiger partial charge in [0.2, 0.25) is 0 Å². The molecule has 0 saturated heterocycles. The highest BCUT2D eigenvalue weighted by molar-refractivity contribution is 9.10. The van der Waals surface area contributed by atoms with Crippen LogP contribution in [0.25, 0.3) is 0 Å². The topological polar surface area (TPSA) is 55.4 Å². The summed E-state index contributed by atoms with van der Waals surface area (Å²) in [6.07, 6.45) is 0. The van der Waals surface area contributed by atoms with Crippen molar-refractivity contribution in [3.63, 3.8) is 0 Å². The first kappa shape index (κ1) is 15.5. The van der Waals surface area contributed by atoms with Gasteiger partial charge in [0.05, 0.1) is 23.3 Å². The zero-order valence-corrected chi connectivity index (χ0v) is 13.4. The van der Waals surface area contributed by atoms with Crippen molar-refractivity contribution < 1.29 is 14.3 Å². The zero-order valence-electron chi connectivity index (χ0n) is 11.0. The van der Waals surface area contributed by atoms with Crippen LogP contribution in [-0.4, -0.2) is 19.0 Å². The normalized spacial score (nSPS) is 10.0. The Morgan fingerprint density at radius 2 is 1.81 bits per heavy atom. The van der Waals surface area contributed by atoms with Crippen molar-refractivity contribution in [2.75, 3.05) is 12.4 Å². The predicted octanol–water partition coefficient (Wildman–Crippen LogP) is 4.14. The van der Waals surface area contributed by atoms with Gasteiger partial charge in [-0.05, 0) is 42.5 Å². The highest BCUT2D eigenvalue weighted by Crippen LogP contribution is 2.22. The molecule has 0 aliphatic carbocycles. The highest BCUT2D eigenvalue weighted by Gasteiger charge is 2.12. The quantitative estimate of drug-likeness (QED) is 0.828. The molecule has 0 atom stereocenters. The molecule has 108 valence electrons. The van der Waals surface area contributed by atoms with Crippen LogP contribution in [0.1, 0.15) is 20.7 Å². The van der Waals surface area contributed by atoms with Crippen molar-refractivity contribution in [3.05, 3.63) is 63.1 Å². The van der Waals surface area contributed by atoms with Gasteiger partial charge >= 0.3 is 5.97 Å². The minimum atomic E-state index is -0.428. The molecule has 0 aliphatic rings. The number of benzene rings is 2. The van der Waals surface area contributed by atoms with E-state index < -0.39 is 5.97 Å². The summed E-state index contributed by atoms with van der Waals surface area (Å²) in [6.45, 7) is 0. The number of nitrogens with one attached hydrogen (secondary N) is 1. The van der Waals surface area contributed by atoms with Crippen LogP contribution in [-0.2, 0) is 4.74 Å². The summed E-state index contributed by atoms with van der Waals surface area (Å²) in [5.74, 6) is -0.755. The van der Waals surface area contributed by atoms with Crippen molar-refractivity contribution in [3.8, 4) is 0 Å². The fraction of sp³-hybridized carbons (Fsp3) is 0.0667. The Bertz CT molecular complexity index is 686. The summed E-state index contributed by atoms with van der Waals surface area (Å²) in [5.41, 5.74) is 1.34. The van der Waals surface area contributed by atoms with Gasteiger partial charge in [0.15, 0.2) is 0 Å². The van der Waals surface area contributed by atoms with E-state index in [-0.39, 0.29) is 5.91 Å². The lowest BCUT2D eigenvalue weighted by atomic mass is 10.2. The van der Waals surface area contributed by atoms with E-state index in [0.29, 0.717) is 21.8 Å². The number of amides is 1. The van der Waals surface area contributed by atoms with E-state index >= 15 is 0 Å². The van der Waals surface area contributed by atoms with E-state index in [0.717, 1.165) is 4.47 Å². The second-order valence-corrected chi connectivity index (χ2v) is 5.47. The third kappa shape index (κ3) is 3.83. The first-order valence-electron chi connectivity index (χ1n) is 5.96. The number of esters is 1. The molecule has 1 amide bonds. The number of hydrogen-bond acceptors (Lipinski definition) is 3. The van der Waals surface area contributed by atoms with E-state index in [9.17, 15) is 9.59 Å². The van der Waals surface area contributed by atoms with Crippen LogP contribution in [0.5, 0.6) is 0 Å². The van der Waals surface area contributed by atoms with Gasteiger partial charge in [-0.3, -0.25) is 4.79 Å². The fourth-order valence-corrected chi connectivity index (χ4v) is 2.24. The number of hydrogen-bond donors (Lipinski definition) is 1. The van der Waals surface area contributed by atoms with E-state index in [2.05, 4.69) is 26.0 Å². The van der Waals surface area contributed by atoms with E-state index in [1.165, 1.54) is 7.11 Å². The average molecular weight is 369 g/mol. The molecule has 2 aromatic rings. The van der Waals surface area contributed by atoms with Crippen LogP contribution in [0.15, 0.2) is 46.9 Å². The minimum Gasteiger partial charge on any atom is -0.465 e. The molecular weight excluding hydrogens is 358 g/mol. The summed E-state index contributed by atoms with van der Waals surface area (Å²) >= 11 is 9.29. The van der Waals surface area contributed by atoms with Crippen molar-refractivity contribution >= 4 is 45.1 Å². The van der Waals surface area contributed by atoms with E-state index in [1.807, 2.05) is 0 Å². The lowest BCUT2D eigenvalue weighted by Gasteiger charge is -2.08. The monoisotopic (exact) mass is 367 g/mol. The SMILES string of the molecule is COC(=O)c1ccc(NC(=O)c2cc(Br)ccc2Cl)cc1. The molecule has 0 aromatic heterocycles. The second kappa shape index (κ2) is 6.74. The van der Waals surface area contributed by atoms with Crippen molar-refractivity contribution in [2.24, 2.45) is 0 Å². The van der Waals surface area contributed by atoms with Crippen LogP contribution in [0.4, 0.5) is 5.69 Å². The van der Waals surface area contributed by atoms with Crippen LogP contribution in [0.2, 0.25) is 5.02 Å². The molecule has 6 heteroatoms. The summed E-state index contributed by atoms with van der Waals surface area (Å²) in [5, 5.41) is 3.08. The van der Waals surface area contributed by atoms with Gasteiger partial charge in [-0.15, -0.1) is 0 Å². The molecule has 4 nitrogen and oxygen atoms in total. The molecule has 0 unspecified atom stereocenters. The zero-order chi connectivity index (χ0) is 15.4. The standard InChI is InChI=1S/C15H11BrClNO3/c1-21-15(20)9-2-5-11(6-3-9)18-14(19)12-8-10(16)4-7-13(12)17/h2-8H,1H3,(H,18,19). The highest BCUT2D eigenvalue weighted by atomic mass is 79.9. The Balaban J connectivity index is 2.16. The first-order chi connectivity index (χ1) is 10.0. The lowest BCUT2D eigenvalue weighted by Crippen LogP contribution is -2.12. The fourth-order valence-electron chi connectivity index (χ4n) is 1.68.